The van der Waals surface area contributed by atoms with Crippen LogP contribution in [0.2, 0.25) is 0 Å². The standard InChI is InChI=1S/C19H25N3O2/c1-21(2)19(23)12-15-8-10-22(11-9-15)14-17-13-18(24-20-17)16-6-4-3-5-7-16/h3-7,13,15H,8-12,14H2,1-2H3. The smallest absolute Gasteiger partial charge is 0.222 e. The molecule has 0 N–H and O–H groups in total. The number of amides is 1. The van der Waals surface area contributed by atoms with Gasteiger partial charge in [-0.1, -0.05) is 35.5 Å². The Morgan fingerprint density at radius 1 is 1.25 bits per heavy atom. The van der Waals surface area contributed by atoms with Crippen LogP contribution in [0.5, 0.6) is 0 Å². The third kappa shape index (κ3) is 4.23. The van der Waals surface area contributed by atoms with Crippen molar-refractivity contribution in [3.63, 3.8) is 0 Å². The van der Waals surface area contributed by atoms with E-state index in [1.807, 2.05) is 50.5 Å². The van der Waals surface area contributed by atoms with Crippen molar-refractivity contribution >= 4 is 5.91 Å². The quantitative estimate of drug-likeness (QED) is 0.847. The highest BCUT2D eigenvalue weighted by Gasteiger charge is 2.22. The molecule has 24 heavy (non-hydrogen) atoms. The molecule has 2 aromatic rings. The fourth-order valence-corrected chi connectivity index (χ4v) is 3.13. The molecule has 1 saturated heterocycles. The van der Waals surface area contributed by atoms with Gasteiger partial charge < -0.3 is 9.42 Å². The predicted octanol–water partition coefficient (Wildman–Crippen LogP) is 3.03. The van der Waals surface area contributed by atoms with Crippen molar-refractivity contribution < 1.29 is 9.32 Å². The van der Waals surface area contributed by atoms with Gasteiger partial charge in [0.25, 0.3) is 0 Å². The third-order valence-corrected chi connectivity index (χ3v) is 4.67. The summed E-state index contributed by atoms with van der Waals surface area (Å²) in [6, 6.07) is 12.1. The third-order valence-electron chi connectivity index (χ3n) is 4.67. The lowest BCUT2D eigenvalue weighted by Gasteiger charge is -2.31. The lowest BCUT2D eigenvalue weighted by atomic mass is 9.93. The maximum absolute atomic E-state index is 11.8. The largest absolute Gasteiger partial charge is 0.356 e. The maximum atomic E-state index is 11.8. The van der Waals surface area contributed by atoms with E-state index in [0.717, 1.165) is 49.5 Å². The van der Waals surface area contributed by atoms with Crippen molar-refractivity contribution in [2.24, 2.45) is 5.92 Å². The van der Waals surface area contributed by atoms with E-state index in [-0.39, 0.29) is 5.91 Å². The number of piperidine rings is 1. The molecule has 0 radical (unpaired) electrons. The first-order chi connectivity index (χ1) is 11.6. The summed E-state index contributed by atoms with van der Waals surface area (Å²) in [6.45, 7) is 2.84. The van der Waals surface area contributed by atoms with Crippen LogP contribution in [0.1, 0.15) is 25.0 Å². The minimum absolute atomic E-state index is 0.234. The van der Waals surface area contributed by atoms with Crippen LogP contribution in [0, 0.1) is 5.92 Å². The number of aromatic nitrogens is 1. The van der Waals surface area contributed by atoms with Gasteiger partial charge in [0.05, 0.1) is 5.69 Å². The Balaban J connectivity index is 1.50. The van der Waals surface area contributed by atoms with Gasteiger partial charge in [0.2, 0.25) is 5.91 Å². The molecule has 3 rings (SSSR count). The normalized spacial score (nSPS) is 16.2. The fourth-order valence-electron chi connectivity index (χ4n) is 3.13. The van der Waals surface area contributed by atoms with Crippen molar-refractivity contribution in [1.82, 2.24) is 15.0 Å². The zero-order valence-electron chi connectivity index (χ0n) is 14.4. The van der Waals surface area contributed by atoms with Gasteiger partial charge in [-0.05, 0) is 31.8 Å². The van der Waals surface area contributed by atoms with E-state index in [9.17, 15) is 4.79 Å². The van der Waals surface area contributed by atoms with Crippen LogP contribution in [0.15, 0.2) is 40.9 Å². The van der Waals surface area contributed by atoms with Gasteiger partial charge in [-0.15, -0.1) is 0 Å². The molecule has 1 fully saturated rings. The zero-order chi connectivity index (χ0) is 16.9. The molecule has 0 aliphatic carbocycles. The van der Waals surface area contributed by atoms with E-state index < -0.39 is 0 Å². The molecule has 1 aliphatic rings. The monoisotopic (exact) mass is 327 g/mol. The summed E-state index contributed by atoms with van der Waals surface area (Å²) >= 11 is 0. The number of nitrogens with zero attached hydrogens (tertiary/aromatic N) is 3. The van der Waals surface area contributed by atoms with Gasteiger partial charge in [-0.25, -0.2) is 0 Å². The summed E-state index contributed by atoms with van der Waals surface area (Å²) in [5.41, 5.74) is 2.02. The van der Waals surface area contributed by atoms with Crippen LogP contribution < -0.4 is 0 Å². The summed E-state index contributed by atoms with van der Waals surface area (Å²) < 4.78 is 5.47. The Kier molecular flexibility index (Phi) is 5.30. The number of likely N-dealkylation sites (tertiary alicyclic amines) is 1. The summed E-state index contributed by atoms with van der Waals surface area (Å²) in [5.74, 6) is 1.56. The second kappa shape index (κ2) is 7.62. The molecule has 2 heterocycles. The van der Waals surface area contributed by atoms with Crippen LogP contribution in [0.25, 0.3) is 11.3 Å². The number of hydrogen-bond donors (Lipinski definition) is 0. The molecule has 0 spiro atoms. The molecule has 1 aliphatic heterocycles. The van der Waals surface area contributed by atoms with Crippen molar-refractivity contribution in [2.75, 3.05) is 27.2 Å². The minimum atomic E-state index is 0.234. The van der Waals surface area contributed by atoms with Crippen molar-refractivity contribution in [3.05, 3.63) is 42.1 Å². The Hall–Kier alpha value is -2.14. The molecule has 5 heteroatoms. The minimum Gasteiger partial charge on any atom is -0.356 e. The molecule has 0 saturated carbocycles. The first kappa shape index (κ1) is 16.7. The van der Waals surface area contributed by atoms with Crippen molar-refractivity contribution in [2.45, 2.75) is 25.8 Å². The van der Waals surface area contributed by atoms with E-state index in [1.54, 1.807) is 4.90 Å². The van der Waals surface area contributed by atoms with Crippen LogP contribution >= 0.6 is 0 Å². The fraction of sp³-hybridized carbons (Fsp3) is 0.474. The first-order valence-electron chi connectivity index (χ1n) is 8.55. The number of rotatable bonds is 5. The van der Waals surface area contributed by atoms with E-state index in [1.165, 1.54) is 0 Å². The molecule has 0 bridgehead atoms. The van der Waals surface area contributed by atoms with Gasteiger partial charge in [0.1, 0.15) is 0 Å². The molecule has 1 aromatic heterocycles. The maximum Gasteiger partial charge on any atom is 0.222 e. The SMILES string of the molecule is CN(C)C(=O)CC1CCN(Cc2cc(-c3ccccc3)on2)CC1. The molecular weight excluding hydrogens is 302 g/mol. The van der Waals surface area contributed by atoms with E-state index in [4.69, 9.17) is 4.52 Å². The average Bonchev–Trinajstić information content (AvgIpc) is 3.06. The average molecular weight is 327 g/mol. The van der Waals surface area contributed by atoms with E-state index in [2.05, 4.69) is 10.1 Å². The Morgan fingerprint density at radius 3 is 2.62 bits per heavy atom. The van der Waals surface area contributed by atoms with Crippen LogP contribution in [-0.4, -0.2) is 48.0 Å². The Morgan fingerprint density at radius 2 is 1.96 bits per heavy atom. The van der Waals surface area contributed by atoms with Crippen molar-refractivity contribution in [1.29, 1.82) is 0 Å². The van der Waals surface area contributed by atoms with E-state index >= 15 is 0 Å². The Labute approximate surface area is 143 Å². The number of hydrogen-bond acceptors (Lipinski definition) is 4. The predicted molar refractivity (Wildman–Crippen MR) is 93.3 cm³/mol. The number of carbonyl (C=O) groups is 1. The van der Waals surface area contributed by atoms with Crippen molar-refractivity contribution in [3.8, 4) is 11.3 Å². The summed E-state index contributed by atoms with van der Waals surface area (Å²) in [4.78, 5) is 15.9. The molecule has 1 aromatic carbocycles. The summed E-state index contributed by atoms with van der Waals surface area (Å²) in [7, 11) is 3.65. The lowest BCUT2D eigenvalue weighted by molar-refractivity contribution is -0.130. The number of benzene rings is 1. The summed E-state index contributed by atoms with van der Waals surface area (Å²) in [5, 5.41) is 4.20. The second-order valence-electron chi connectivity index (χ2n) is 6.76. The topological polar surface area (TPSA) is 49.6 Å². The van der Waals surface area contributed by atoms with Crippen LogP contribution in [-0.2, 0) is 11.3 Å². The van der Waals surface area contributed by atoms with Crippen LogP contribution in [0.3, 0.4) is 0 Å². The van der Waals surface area contributed by atoms with E-state index in [0.29, 0.717) is 12.3 Å². The molecule has 0 atom stereocenters. The molecule has 5 nitrogen and oxygen atoms in total. The molecular formula is C19H25N3O2. The first-order valence-corrected chi connectivity index (χ1v) is 8.55. The van der Waals surface area contributed by atoms with Crippen LogP contribution in [0.4, 0.5) is 0 Å². The molecule has 1 amide bonds. The lowest BCUT2D eigenvalue weighted by Crippen LogP contribution is -2.35. The Bertz CT molecular complexity index is 658. The zero-order valence-corrected chi connectivity index (χ0v) is 14.4. The highest BCUT2D eigenvalue weighted by atomic mass is 16.5. The van der Waals surface area contributed by atoms with Gasteiger partial charge >= 0.3 is 0 Å². The van der Waals surface area contributed by atoms with Gasteiger partial charge in [0, 0.05) is 38.7 Å². The summed E-state index contributed by atoms with van der Waals surface area (Å²) in [6.07, 6.45) is 2.81. The van der Waals surface area contributed by atoms with Gasteiger partial charge in [-0.3, -0.25) is 9.69 Å². The van der Waals surface area contributed by atoms with Gasteiger partial charge in [-0.2, -0.15) is 0 Å². The molecule has 128 valence electrons. The van der Waals surface area contributed by atoms with Gasteiger partial charge in [0.15, 0.2) is 5.76 Å². The second-order valence-corrected chi connectivity index (χ2v) is 6.76. The highest BCUT2D eigenvalue weighted by Crippen LogP contribution is 2.24. The molecule has 0 unspecified atom stereocenters. The number of carbonyl (C=O) groups excluding carboxylic acids is 1. The highest BCUT2D eigenvalue weighted by molar-refractivity contribution is 5.75.